The standard InChI is InChI=1S/C13H13NOS/c16-13(12-7-4-10-15-12)14-9-8-11-5-2-1-3-6-11/h1-7,10H,8-9H2,(H,14,16). The van der Waals surface area contributed by atoms with E-state index in [0.717, 1.165) is 18.7 Å². The second kappa shape index (κ2) is 5.47. The predicted octanol–water partition coefficient (Wildman–Crippen LogP) is 2.79. The SMILES string of the molecule is S=C(NCCc1ccccc1)c1ccco1. The molecule has 0 aliphatic rings. The van der Waals surface area contributed by atoms with E-state index in [1.54, 1.807) is 6.26 Å². The van der Waals surface area contributed by atoms with Crippen molar-refractivity contribution in [3.05, 3.63) is 60.1 Å². The molecule has 0 saturated carbocycles. The molecular weight excluding hydrogens is 218 g/mol. The summed E-state index contributed by atoms with van der Waals surface area (Å²) in [7, 11) is 0. The zero-order chi connectivity index (χ0) is 11.2. The summed E-state index contributed by atoms with van der Waals surface area (Å²) in [5.41, 5.74) is 1.30. The van der Waals surface area contributed by atoms with Gasteiger partial charge >= 0.3 is 0 Å². The van der Waals surface area contributed by atoms with Crippen molar-refractivity contribution in [1.29, 1.82) is 0 Å². The van der Waals surface area contributed by atoms with Gasteiger partial charge in [-0.2, -0.15) is 0 Å². The minimum atomic E-state index is 0.668. The summed E-state index contributed by atoms with van der Waals surface area (Å²) in [5, 5.41) is 3.17. The van der Waals surface area contributed by atoms with Crippen molar-refractivity contribution in [1.82, 2.24) is 5.32 Å². The van der Waals surface area contributed by atoms with Gasteiger partial charge in [0.15, 0.2) is 5.76 Å². The molecule has 0 amide bonds. The maximum atomic E-state index is 5.19. The number of nitrogens with one attached hydrogen (secondary N) is 1. The van der Waals surface area contributed by atoms with Crippen LogP contribution in [0.4, 0.5) is 0 Å². The van der Waals surface area contributed by atoms with Gasteiger partial charge in [-0.05, 0) is 24.1 Å². The molecule has 0 saturated heterocycles. The topological polar surface area (TPSA) is 25.2 Å². The van der Waals surface area contributed by atoms with Crippen molar-refractivity contribution in [2.24, 2.45) is 0 Å². The Morgan fingerprint density at radius 2 is 1.94 bits per heavy atom. The van der Waals surface area contributed by atoms with E-state index in [9.17, 15) is 0 Å². The molecule has 1 aromatic carbocycles. The highest BCUT2D eigenvalue weighted by atomic mass is 32.1. The fourth-order valence-corrected chi connectivity index (χ4v) is 1.68. The average molecular weight is 231 g/mol. The lowest BCUT2D eigenvalue weighted by Gasteiger charge is -2.05. The summed E-state index contributed by atoms with van der Waals surface area (Å²) in [6, 6.07) is 14.0. The van der Waals surface area contributed by atoms with E-state index in [1.165, 1.54) is 5.56 Å². The number of hydrogen-bond donors (Lipinski definition) is 1. The second-order valence-corrected chi connectivity index (χ2v) is 3.88. The summed E-state index contributed by atoms with van der Waals surface area (Å²) < 4.78 is 5.19. The van der Waals surface area contributed by atoms with Crippen LogP contribution in [0.1, 0.15) is 11.3 Å². The van der Waals surface area contributed by atoms with Crippen molar-refractivity contribution < 1.29 is 4.42 Å². The van der Waals surface area contributed by atoms with E-state index in [1.807, 2.05) is 30.3 Å². The molecule has 2 aromatic rings. The Hall–Kier alpha value is -1.61. The molecule has 0 spiro atoms. The smallest absolute Gasteiger partial charge is 0.160 e. The van der Waals surface area contributed by atoms with Crippen molar-refractivity contribution in [3.63, 3.8) is 0 Å². The quantitative estimate of drug-likeness (QED) is 0.819. The monoisotopic (exact) mass is 231 g/mol. The van der Waals surface area contributed by atoms with Gasteiger partial charge in [0.25, 0.3) is 0 Å². The lowest BCUT2D eigenvalue weighted by molar-refractivity contribution is 0.555. The fourth-order valence-electron chi connectivity index (χ4n) is 1.46. The van der Waals surface area contributed by atoms with Crippen molar-refractivity contribution in [2.75, 3.05) is 6.54 Å². The molecule has 0 radical (unpaired) electrons. The van der Waals surface area contributed by atoms with E-state index >= 15 is 0 Å². The Morgan fingerprint density at radius 3 is 2.62 bits per heavy atom. The number of thiocarbonyl (C=S) groups is 1. The van der Waals surface area contributed by atoms with Crippen LogP contribution in [0.5, 0.6) is 0 Å². The van der Waals surface area contributed by atoms with Gasteiger partial charge in [-0.1, -0.05) is 42.5 Å². The van der Waals surface area contributed by atoms with E-state index in [0.29, 0.717) is 4.99 Å². The molecule has 3 heteroatoms. The molecule has 1 N–H and O–H groups in total. The van der Waals surface area contributed by atoms with Crippen LogP contribution in [0, 0.1) is 0 Å². The zero-order valence-electron chi connectivity index (χ0n) is 8.85. The van der Waals surface area contributed by atoms with Crippen LogP contribution in [0.2, 0.25) is 0 Å². The number of rotatable bonds is 4. The molecule has 2 rings (SSSR count). The van der Waals surface area contributed by atoms with Crippen LogP contribution < -0.4 is 5.32 Å². The highest BCUT2D eigenvalue weighted by molar-refractivity contribution is 7.80. The molecular formula is C13H13NOS. The predicted molar refractivity (Wildman–Crippen MR) is 68.6 cm³/mol. The molecule has 2 nitrogen and oxygen atoms in total. The summed E-state index contributed by atoms with van der Waals surface area (Å²) in [6.07, 6.45) is 2.59. The normalized spacial score (nSPS) is 10.0. The van der Waals surface area contributed by atoms with E-state index in [-0.39, 0.29) is 0 Å². The summed E-state index contributed by atoms with van der Waals surface area (Å²) in [4.78, 5) is 0.668. The number of hydrogen-bond acceptors (Lipinski definition) is 2. The molecule has 16 heavy (non-hydrogen) atoms. The summed E-state index contributed by atoms with van der Waals surface area (Å²) >= 11 is 5.18. The molecule has 0 unspecified atom stereocenters. The third-order valence-corrected chi connectivity index (χ3v) is 2.63. The molecule has 0 bridgehead atoms. The van der Waals surface area contributed by atoms with Crippen LogP contribution in [0.3, 0.4) is 0 Å². The first-order valence-corrected chi connectivity index (χ1v) is 5.63. The van der Waals surface area contributed by atoms with E-state index in [4.69, 9.17) is 16.6 Å². The maximum absolute atomic E-state index is 5.19. The van der Waals surface area contributed by atoms with Gasteiger partial charge < -0.3 is 9.73 Å². The number of furan rings is 1. The largest absolute Gasteiger partial charge is 0.462 e. The molecule has 0 aliphatic heterocycles. The first-order chi connectivity index (χ1) is 7.86. The van der Waals surface area contributed by atoms with Crippen LogP contribution >= 0.6 is 12.2 Å². The zero-order valence-corrected chi connectivity index (χ0v) is 9.67. The van der Waals surface area contributed by atoms with Gasteiger partial charge in [-0.3, -0.25) is 0 Å². The van der Waals surface area contributed by atoms with Crippen LogP contribution in [-0.2, 0) is 6.42 Å². The van der Waals surface area contributed by atoms with Gasteiger partial charge in [0.2, 0.25) is 0 Å². The molecule has 0 fully saturated rings. The molecule has 0 atom stereocenters. The van der Waals surface area contributed by atoms with Crippen molar-refractivity contribution in [2.45, 2.75) is 6.42 Å². The molecule has 82 valence electrons. The first kappa shape index (κ1) is 10.9. The fraction of sp³-hybridized carbons (Fsp3) is 0.154. The Balaban J connectivity index is 1.79. The minimum Gasteiger partial charge on any atom is -0.462 e. The van der Waals surface area contributed by atoms with E-state index in [2.05, 4.69) is 17.4 Å². The lowest BCUT2D eigenvalue weighted by atomic mass is 10.1. The Kier molecular flexibility index (Phi) is 3.72. The molecule has 0 aliphatic carbocycles. The Labute approximate surface area is 100 Å². The highest BCUT2D eigenvalue weighted by Crippen LogP contribution is 2.02. The van der Waals surface area contributed by atoms with Gasteiger partial charge in [0.1, 0.15) is 4.99 Å². The molecule has 1 aromatic heterocycles. The Bertz CT molecular complexity index is 436. The van der Waals surface area contributed by atoms with Crippen LogP contribution in [0.15, 0.2) is 53.1 Å². The van der Waals surface area contributed by atoms with Crippen LogP contribution in [-0.4, -0.2) is 11.5 Å². The van der Waals surface area contributed by atoms with Crippen LogP contribution in [0.25, 0.3) is 0 Å². The minimum absolute atomic E-state index is 0.668. The number of benzene rings is 1. The van der Waals surface area contributed by atoms with Crippen molar-refractivity contribution >= 4 is 17.2 Å². The van der Waals surface area contributed by atoms with Gasteiger partial charge in [-0.15, -0.1) is 0 Å². The van der Waals surface area contributed by atoms with E-state index < -0.39 is 0 Å². The second-order valence-electron chi connectivity index (χ2n) is 3.47. The van der Waals surface area contributed by atoms with Gasteiger partial charge in [0.05, 0.1) is 6.26 Å². The average Bonchev–Trinajstić information content (AvgIpc) is 2.84. The summed E-state index contributed by atoms with van der Waals surface area (Å²) in [6.45, 7) is 0.823. The summed E-state index contributed by atoms with van der Waals surface area (Å²) in [5.74, 6) is 0.725. The maximum Gasteiger partial charge on any atom is 0.160 e. The van der Waals surface area contributed by atoms with Crippen molar-refractivity contribution in [3.8, 4) is 0 Å². The van der Waals surface area contributed by atoms with Gasteiger partial charge in [0, 0.05) is 6.54 Å². The third-order valence-electron chi connectivity index (χ3n) is 2.29. The highest BCUT2D eigenvalue weighted by Gasteiger charge is 2.02. The first-order valence-electron chi connectivity index (χ1n) is 5.22. The third kappa shape index (κ3) is 2.94. The molecule has 1 heterocycles. The van der Waals surface area contributed by atoms with Gasteiger partial charge in [-0.25, -0.2) is 0 Å². The Morgan fingerprint density at radius 1 is 1.12 bits per heavy atom. The lowest BCUT2D eigenvalue weighted by Crippen LogP contribution is -2.24.